The van der Waals surface area contributed by atoms with Crippen LogP contribution < -0.4 is 14.4 Å². The Balaban J connectivity index is 1.27. The molecular formula is C21H22N2O5. The highest BCUT2D eigenvalue weighted by molar-refractivity contribution is 5.92. The molecule has 0 aliphatic carbocycles. The largest absolute Gasteiger partial charge is 0.486 e. The Bertz CT molecular complexity index is 847. The number of nitrogens with zero attached hydrogens (tertiary/aromatic N) is 2. The first kappa shape index (κ1) is 18.2. The summed E-state index contributed by atoms with van der Waals surface area (Å²) in [5.74, 6) is 0.395. The second-order valence-corrected chi connectivity index (χ2v) is 6.64. The maximum absolute atomic E-state index is 12.4. The van der Waals surface area contributed by atoms with Gasteiger partial charge in [-0.2, -0.15) is 0 Å². The smallest absolute Gasteiger partial charge is 0.338 e. The van der Waals surface area contributed by atoms with E-state index in [4.69, 9.17) is 14.2 Å². The molecule has 1 saturated heterocycles. The molecule has 1 fully saturated rings. The van der Waals surface area contributed by atoms with Crippen LogP contribution in [0.2, 0.25) is 0 Å². The molecule has 2 aliphatic rings. The molecule has 1 amide bonds. The van der Waals surface area contributed by atoms with Crippen LogP contribution in [-0.2, 0) is 9.53 Å². The fraction of sp³-hybridized carbons (Fsp3) is 0.333. The molecular weight excluding hydrogens is 360 g/mol. The van der Waals surface area contributed by atoms with Crippen molar-refractivity contribution in [2.75, 3.05) is 50.9 Å². The second-order valence-electron chi connectivity index (χ2n) is 6.64. The topological polar surface area (TPSA) is 68.3 Å². The lowest BCUT2D eigenvalue weighted by molar-refractivity contribution is -0.134. The first-order valence-electron chi connectivity index (χ1n) is 9.35. The number of carbonyl (C=O) groups is 2. The van der Waals surface area contributed by atoms with E-state index in [0.29, 0.717) is 43.4 Å². The van der Waals surface area contributed by atoms with E-state index in [0.717, 1.165) is 18.8 Å². The zero-order valence-electron chi connectivity index (χ0n) is 15.5. The highest BCUT2D eigenvalue weighted by atomic mass is 16.6. The first-order chi connectivity index (χ1) is 13.7. The number of anilines is 1. The average Bonchev–Trinajstić information content (AvgIpc) is 2.77. The highest BCUT2D eigenvalue weighted by Crippen LogP contribution is 2.30. The fourth-order valence-corrected chi connectivity index (χ4v) is 3.33. The summed E-state index contributed by atoms with van der Waals surface area (Å²) < 4.78 is 16.1. The summed E-state index contributed by atoms with van der Waals surface area (Å²) in [7, 11) is 0. The monoisotopic (exact) mass is 382 g/mol. The molecule has 7 nitrogen and oxygen atoms in total. The van der Waals surface area contributed by atoms with Gasteiger partial charge in [-0.1, -0.05) is 18.2 Å². The number of carbonyl (C=O) groups excluding carboxylic acids is 2. The molecule has 0 N–H and O–H groups in total. The van der Waals surface area contributed by atoms with Gasteiger partial charge in [-0.25, -0.2) is 4.79 Å². The standard InChI is InChI=1S/C21H22N2O5/c24-20(23-10-8-22(9-11-23)17-4-2-1-3-5-17)15-28-21(25)16-6-7-18-19(14-16)27-13-12-26-18/h1-7,14H,8-13,15H2. The number of fused-ring (bicyclic) bond motifs is 1. The van der Waals surface area contributed by atoms with Gasteiger partial charge in [0, 0.05) is 31.9 Å². The minimum Gasteiger partial charge on any atom is -0.486 e. The van der Waals surface area contributed by atoms with Gasteiger partial charge in [0.05, 0.1) is 5.56 Å². The van der Waals surface area contributed by atoms with Gasteiger partial charge in [0.2, 0.25) is 0 Å². The SMILES string of the molecule is O=C(OCC(=O)N1CCN(c2ccccc2)CC1)c1ccc2c(c1)OCCO2. The lowest BCUT2D eigenvalue weighted by atomic mass is 10.2. The van der Waals surface area contributed by atoms with Crippen LogP contribution in [0, 0.1) is 0 Å². The van der Waals surface area contributed by atoms with E-state index in [1.54, 1.807) is 23.1 Å². The molecule has 28 heavy (non-hydrogen) atoms. The fourth-order valence-electron chi connectivity index (χ4n) is 3.33. The van der Waals surface area contributed by atoms with Crippen LogP contribution in [0.5, 0.6) is 11.5 Å². The quantitative estimate of drug-likeness (QED) is 0.753. The Labute approximate surface area is 163 Å². The lowest BCUT2D eigenvalue weighted by Gasteiger charge is -2.36. The summed E-state index contributed by atoms with van der Waals surface area (Å²) in [5.41, 5.74) is 1.49. The Hall–Kier alpha value is -3.22. The Morgan fingerprint density at radius 1 is 0.893 bits per heavy atom. The zero-order valence-corrected chi connectivity index (χ0v) is 15.5. The molecule has 2 aromatic rings. The van der Waals surface area contributed by atoms with Gasteiger partial charge in [-0.3, -0.25) is 4.79 Å². The number of hydrogen-bond donors (Lipinski definition) is 0. The molecule has 0 bridgehead atoms. The predicted molar refractivity (Wildman–Crippen MR) is 103 cm³/mol. The van der Waals surface area contributed by atoms with Crippen LogP contribution in [0.1, 0.15) is 10.4 Å². The molecule has 4 rings (SSSR count). The van der Waals surface area contributed by atoms with E-state index in [9.17, 15) is 9.59 Å². The number of esters is 1. The second kappa shape index (κ2) is 8.21. The van der Waals surface area contributed by atoms with Crippen molar-refractivity contribution < 1.29 is 23.8 Å². The molecule has 7 heteroatoms. The van der Waals surface area contributed by atoms with Gasteiger partial charge in [0.25, 0.3) is 5.91 Å². The molecule has 2 aliphatic heterocycles. The van der Waals surface area contributed by atoms with Crippen molar-refractivity contribution in [1.29, 1.82) is 0 Å². The van der Waals surface area contributed by atoms with Crippen molar-refractivity contribution in [3.8, 4) is 11.5 Å². The summed E-state index contributed by atoms with van der Waals surface area (Å²) in [4.78, 5) is 28.6. The van der Waals surface area contributed by atoms with Gasteiger partial charge in [0.15, 0.2) is 18.1 Å². The Morgan fingerprint density at radius 3 is 2.36 bits per heavy atom. The molecule has 0 unspecified atom stereocenters. The number of hydrogen-bond acceptors (Lipinski definition) is 6. The van der Waals surface area contributed by atoms with Gasteiger partial charge in [-0.05, 0) is 30.3 Å². The van der Waals surface area contributed by atoms with Crippen LogP contribution in [0.25, 0.3) is 0 Å². The maximum atomic E-state index is 12.4. The number of rotatable bonds is 4. The molecule has 0 spiro atoms. The van der Waals surface area contributed by atoms with Gasteiger partial charge in [-0.15, -0.1) is 0 Å². The van der Waals surface area contributed by atoms with Crippen LogP contribution in [0.3, 0.4) is 0 Å². The Kier molecular flexibility index (Phi) is 5.32. The van der Waals surface area contributed by atoms with Gasteiger partial charge >= 0.3 is 5.97 Å². The van der Waals surface area contributed by atoms with Crippen LogP contribution in [0.4, 0.5) is 5.69 Å². The minimum atomic E-state index is -0.548. The van der Waals surface area contributed by atoms with Crippen molar-refractivity contribution in [2.24, 2.45) is 0 Å². The third-order valence-corrected chi connectivity index (χ3v) is 4.86. The van der Waals surface area contributed by atoms with Crippen molar-refractivity contribution in [1.82, 2.24) is 4.90 Å². The number of ether oxygens (including phenoxy) is 3. The number of amides is 1. The number of para-hydroxylation sites is 1. The van der Waals surface area contributed by atoms with Crippen molar-refractivity contribution in [3.05, 3.63) is 54.1 Å². The van der Waals surface area contributed by atoms with E-state index in [-0.39, 0.29) is 12.5 Å². The molecule has 0 atom stereocenters. The van der Waals surface area contributed by atoms with Gasteiger partial charge in [0.1, 0.15) is 13.2 Å². The van der Waals surface area contributed by atoms with Gasteiger partial charge < -0.3 is 24.0 Å². The normalized spacial score (nSPS) is 15.9. The Morgan fingerprint density at radius 2 is 1.61 bits per heavy atom. The van der Waals surface area contributed by atoms with E-state index in [1.165, 1.54) is 0 Å². The number of piperazine rings is 1. The first-order valence-corrected chi connectivity index (χ1v) is 9.35. The molecule has 0 saturated carbocycles. The molecule has 146 valence electrons. The minimum absolute atomic E-state index is 0.182. The van der Waals surface area contributed by atoms with Crippen LogP contribution >= 0.6 is 0 Å². The summed E-state index contributed by atoms with van der Waals surface area (Å²) in [6.45, 7) is 3.39. The predicted octanol–water partition coefficient (Wildman–Crippen LogP) is 1.96. The molecule has 2 aromatic carbocycles. The summed E-state index contributed by atoms with van der Waals surface area (Å²) in [5, 5.41) is 0. The molecule has 0 radical (unpaired) electrons. The van der Waals surface area contributed by atoms with E-state index < -0.39 is 5.97 Å². The van der Waals surface area contributed by atoms with Crippen molar-refractivity contribution in [3.63, 3.8) is 0 Å². The lowest BCUT2D eigenvalue weighted by Crippen LogP contribution is -2.49. The molecule has 0 aromatic heterocycles. The van der Waals surface area contributed by atoms with Crippen LogP contribution in [-0.4, -0.2) is 62.8 Å². The van der Waals surface area contributed by atoms with Crippen LogP contribution in [0.15, 0.2) is 48.5 Å². The van der Waals surface area contributed by atoms with Crippen molar-refractivity contribution in [2.45, 2.75) is 0 Å². The van der Waals surface area contributed by atoms with E-state index >= 15 is 0 Å². The number of benzene rings is 2. The summed E-state index contributed by atoms with van der Waals surface area (Å²) in [6.07, 6.45) is 0. The van der Waals surface area contributed by atoms with E-state index in [1.807, 2.05) is 18.2 Å². The maximum Gasteiger partial charge on any atom is 0.338 e. The third-order valence-electron chi connectivity index (χ3n) is 4.86. The summed E-state index contributed by atoms with van der Waals surface area (Å²) >= 11 is 0. The van der Waals surface area contributed by atoms with E-state index in [2.05, 4.69) is 17.0 Å². The zero-order chi connectivity index (χ0) is 19.3. The highest BCUT2D eigenvalue weighted by Gasteiger charge is 2.23. The molecule has 2 heterocycles. The van der Waals surface area contributed by atoms with Crippen molar-refractivity contribution >= 4 is 17.6 Å². The average molecular weight is 382 g/mol. The third kappa shape index (κ3) is 4.03. The summed E-state index contributed by atoms with van der Waals surface area (Å²) in [6, 6.07) is 15.0.